The van der Waals surface area contributed by atoms with E-state index in [0.717, 1.165) is 12.1 Å². The molecular weight excluding hydrogens is 564 g/mol. The van der Waals surface area contributed by atoms with Gasteiger partial charge in [-0.25, -0.2) is 0 Å². The van der Waals surface area contributed by atoms with Gasteiger partial charge in [0.1, 0.15) is 0 Å². The first kappa shape index (κ1) is 33.9. The highest BCUT2D eigenvalue weighted by Crippen LogP contribution is 2.60. The van der Waals surface area contributed by atoms with Gasteiger partial charge in [-0.15, -0.1) is 0 Å². The molecule has 0 bridgehead atoms. The molecule has 0 aliphatic rings. The molecule has 0 saturated heterocycles. The zero-order chi connectivity index (χ0) is 30.4. The molecular formula is C27H32F6O4P2-4. The van der Waals surface area contributed by atoms with Gasteiger partial charge in [0.15, 0.2) is 0 Å². The Balaban J connectivity index is 3.43. The summed E-state index contributed by atoms with van der Waals surface area (Å²) < 4.78 is 92.1. The maximum Gasteiger partial charge on any atom is 0.411 e. The molecule has 2 rings (SSSR count). The predicted molar refractivity (Wildman–Crippen MR) is 135 cm³/mol. The minimum atomic E-state index is -5.94. The molecule has 0 fully saturated rings. The van der Waals surface area contributed by atoms with Crippen molar-refractivity contribution in [1.82, 2.24) is 0 Å². The van der Waals surface area contributed by atoms with Crippen molar-refractivity contribution in [2.75, 3.05) is 0 Å². The van der Waals surface area contributed by atoms with Gasteiger partial charge in [0.05, 0.1) is 0 Å². The Bertz CT molecular complexity index is 1080. The van der Waals surface area contributed by atoms with Gasteiger partial charge in [-0.1, -0.05) is 90.3 Å². The van der Waals surface area contributed by atoms with Crippen LogP contribution in [-0.2, 0) is 5.41 Å². The van der Waals surface area contributed by atoms with Gasteiger partial charge in [0.25, 0.3) is 0 Å². The fraction of sp³-hybridized carbons (Fsp3) is 0.556. The van der Waals surface area contributed by atoms with Crippen molar-refractivity contribution in [2.45, 2.75) is 96.8 Å². The Hall–Kier alpha value is -1.28. The number of halogens is 6. The summed E-state index contributed by atoms with van der Waals surface area (Å²) in [5.41, 5.74) is -7.72. The smallest absolute Gasteiger partial charge is 0.411 e. The van der Waals surface area contributed by atoms with Gasteiger partial charge in [-0.05, 0) is 57.1 Å². The summed E-state index contributed by atoms with van der Waals surface area (Å²) in [5.74, 6) is -3.27. The van der Waals surface area contributed by atoms with E-state index in [0.29, 0.717) is 12.1 Å². The largest absolute Gasteiger partial charge is 0.838 e. The molecule has 0 aliphatic heterocycles. The summed E-state index contributed by atoms with van der Waals surface area (Å²) >= 11 is 0. The summed E-state index contributed by atoms with van der Waals surface area (Å²) in [6.45, 7) is 11.7. The summed E-state index contributed by atoms with van der Waals surface area (Å²) in [7, 11) is -6.64. The Morgan fingerprint density at radius 1 is 0.487 bits per heavy atom. The standard InChI is InChI=1S/C27H32F6O4P2/c1-13(2)21-17(9-11-19(38(34)35)23(21)15(5)6)25(26(28,29)30,27(31,32)33)18-10-12-20(39(36)37)24(16(7)8)22(18)14(3)4/h9-16H,1-8H3/q-4. The van der Waals surface area contributed by atoms with Crippen molar-refractivity contribution in [3.8, 4) is 0 Å². The lowest BCUT2D eigenvalue weighted by molar-refractivity contribution is -0.289. The highest BCUT2D eigenvalue weighted by Gasteiger charge is 2.73. The van der Waals surface area contributed by atoms with Crippen LogP contribution in [0, 0.1) is 0 Å². The average molecular weight is 596 g/mol. The molecule has 0 N–H and O–H groups in total. The molecule has 0 unspecified atom stereocenters. The van der Waals surface area contributed by atoms with Crippen LogP contribution >= 0.6 is 16.8 Å². The van der Waals surface area contributed by atoms with Crippen LogP contribution in [0.5, 0.6) is 0 Å². The second-order valence-electron chi connectivity index (χ2n) is 10.8. The number of rotatable bonds is 8. The third-order valence-corrected chi connectivity index (χ3v) is 8.46. The molecule has 0 heterocycles. The van der Waals surface area contributed by atoms with Crippen molar-refractivity contribution in [3.63, 3.8) is 0 Å². The van der Waals surface area contributed by atoms with Gasteiger partial charge < -0.3 is 19.6 Å². The topological polar surface area (TPSA) is 92.2 Å². The summed E-state index contributed by atoms with van der Waals surface area (Å²) in [6.07, 6.45) is -11.9. The van der Waals surface area contributed by atoms with Crippen molar-refractivity contribution in [3.05, 3.63) is 57.6 Å². The van der Waals surface area contributed by atoms with E-state index in [-0.39, 0.29) is 32.9 Å². The molecule has 4 nitrogen and oxygen atoms in total. The van der Waals surface area contributed by atoms with E-state index in [1.54, 1.807) is 0 Å². The zero-order valence-corrected chi connectivity index (χ0v) is 24.7. The Kier molecular flexibility index (Phi) is 10.4. The predicted octanol–water partition coefficient (Wildman–Crippen LogP) is 4.91. The molecule has 0 aromatic heterocycles. The summed E-state index contributed by atoms with van der Waals surface area (Å²) in [5, 5.41) is -0.673. The van der Waals surface area contributed by atoms with Crippen LogP contribution in [0.1, 0.15) is 112 Å². The maximum atomic E-state index is 15.4. The second-order valence-corrected chi connectivity index (χ2v) is 12.8. The Labute approximate surface area is 227 Å². The summed E-state index contributed by atoms with van der Waals surface area (Å²) in [4.78, 5) is 48.1. The summed E-state index contributed by atoms with van der Waals surface area (Å²) in [6, 6.07) is 2.83. The van der Waals surface area contributed by atoms with E-state index in [2.05, 4.69) is 0 Å². The van der Waals surface area contributed by atoms with Crippen LogP contribution in [0.2, 0.25) is 0 Å². The molecule has 0 radical (unpaired) electrons. The quantitative estimate of drug-likeness (QED) is 0.320. The van der Waals surface area contributed by atoms with Gasteiger partial charge in [0, 0.05) is 0 Å². The van der Waals surface area contributed by atoms with Gasteiger partial charge in [-0.3, -0.25) is 16.8 Å². The number of hydrogen-bond acceptors (Lipinski definition) is 4. The first-order valence-corrected chi connectivity index (χ1v) is 14.8. The van der Waals surface area contributed by atoms with Crippen LogP contribution in [0.25, 0.3) is 0 Å². The lowest BCUT2D eigenvalue weighted by atomic mass is 9.65. The molecule has 0 amide bonds. The first-order valence-electron chi connectivity index (χ1n) is 12.4. The second kappa shape index (κ2) is 11.9. The first-order chi connectivity index (χ1) is 17.6. The normalized spacial score (nSPS) is 13.7. The van der Waals surface area contributed by atoms with E-state index < -0.39 is 69.3 Å². The van der Waals surface area contributed by atoms with Gasteiger partial charge >= 0.3 is 12.4 Å². The van der Waals surface area contributed by atoms with E-state index in [9.17, 15) is 19.6 Å². The lowest BCUT2D eigenvalue weighted by Gasteiger charge is -2.45. The molecule has 2 aromatic rings. The van der Waals surface area contributed by atoms with Crippen LogP contribution in [-0.4, -0.2) is 12.4 Å². The maximum absolute atomic E-state index is 15.4. The molecule has 39 heavy (non-hydrogen) atoms. The van der Waals surface area contributed by atoms with Gasteiger partial charge in [0.2, 0.25) is 5.41 Å². The molecule has 0 spiro atoms. The van der Waals surface area contributed by atoms with Crippen molar-refractivity contribution >= 4 is 27.4 Å². The monoisotopic (exact) mass is 596 g/mol. The van der Waals surface area contributed by atoms with Gasteiger partial charge in [-0.2, -0.15) is 26.3 Å². The minimum Gasteiger partial charge on any atom is -0.838 e. The number of hydrogen-bond donors (Lipinski definition) is 0. The molecule has 0 saturated carbocycles. The zero-order valence-electron chi connectivity index (χ0n) is 22.9. The lowest BCUT2D eigenvalue weighted by Crippen LogP contribution is -2.56. The van der Waals surface area contributed by atoms with Crippen LogP contribution in [0.15, 0.2) is 24.3 Å². The van der Waals surface area contributed by atoms with E-state index in [1.165, 1.54) is 55.4 Å². The van der Waals surface area contributed by atoms with E-state index in [4.69, 9.17) is 0 Å². The van der Waals surface area contributed by atoms with Crippen LogP contribution in [0.3, 0.4) is 0 Å². The fourth-order valence-electron chi connectivity index (χ4n) is 5.60. The van der Waals surface area contributed by atoms with Crippen LogP contribution < -0.4 is 30.2 Å². The highest BCUT2D eigenvalue weighted by atomic mass is 31.2. The molecule has 2 aromatic carbocycles. The Morgan fingerprint density at radius 2 is 0.744 bits per heavy atom. The SMILES string of the molecule is CC(C)c1c(P([O-])[O-])ccc(C(c2ccc(P([O-])[O-])c(C(C)C)c2C(C)C)(C(F)(F)F)C(F)(F)F)c1C(C)C. The highest BCUT2D eigenvalue weighted by molar-refractivity contribution is 7.51. The molecule has 0 atom stereocenters. The third kappa shape index (κ3) is 5.89. The molecule has 220 valence electrons. The molecule has 0 aliphatic carbocycles. The Morgan fingerprint density at radius 3 is 0.923 bits per heavy atom. The van der Waals surface area contributed by atoms with Crippen molar-refractivity contribution in [2.24, 2.45) is 0 Å². The minimum absolute atomic E-state index is 0.106. The third-order valence-electron chi connectivity index (χ3n) is 6.89. The van der Waals surface area contributed by atoms with E-state index in [1.807, 2.05) is 0 Å². The molecule has 12 heteroatoms. The van der Waals surface area contributed by atoms with E-state index >= 15 is 26.3 Å². The van der Waals surface area contributed by atoms with Crippen LogP contribution in [0.4, 0.5) is 26.3 Å². The average Bonchev–Trinajstić information content (AvgIpc) is 2.75. The van der Waals surface area contributed by atoms with Crippen molar-refractivity contribution < 1.29 is 45.9 Å². The number of alkyl halides is 6. The fourth-order valence-corrected chi connectivity index (χ4v) is 7.14. The van der Waals surface area contributed by atoms with Crippen molar-refractivity contribution in [1.29, 1.82) is 0 Å². The number of benzene rings is 2.